The fraction of sp³-hybridized carbons (Fsp3) is 0.0588. The van der Waals surface area contributed by atoms with Crippen molar-refractivity contribution in [3.63, 3.8) is 0 Å². The number of hydrogen-bond donors (Lipinski definition) is 4. The van der Waals surface area contributed by atoms with Gasteiger partial charge in [0.25, 0.3) is 5.91 Å². The Morgan fingerprint density at radius 3 is 2.43 bits per heavy atom. The summed E-state index contributed by atoms with van der Waals surface area (Å²) in [6.07, 6.45) is 0. The number of aryl methyl sites for hydroxylation is 1. The molecule has 6 nitrogen and oxygen atoms in total. The summed E-state index contributed by atoms with van der Waals surface area (Å²) in [7, 11) is 0. The highest BCUT2D eigenvalue weighted by Crippen LogP contribution is 2.24. The van der Waals surface area contributed by atoms with Crippen LogP contribution in [0.4, 0.5) is 23.0 Å². The number of aromatic nitrogens is 2. The summed E-state index contributed by atoms with van der Waals surface area (Å²) in [6, 6.07) is 17.0. The number of benzene rings is 2. The van der Waals surface area contributed by atoms with Gasteiger partial charge in [0.15, 0.2) is 5.82 Å². The zero-order chi connectivity index (χ0) is 16.2. The van der Waals surface area contributed by atoms with E-state index in [0.29, 0.717) is 11.5 Å². The summed E-state index contributed by atoms with van der Waals surface area (Å²) in [5, 5.41) is 12.6. The smallest absolute Gasteiger partial charge is 0.263 e. The Balaban J connectivity index is 1.83. The van der Waals surface area contributed by atoms with Gasteiger partial charge in [0.2, 0.25) is 0 Å². The third-order valence-electron chi connectivity index (χ3n) is 3.37. The molecule has 0 aliphatic heterocycles. The van der Waals surface area contributed by atoms with E-state index in [9.17, 15) is 4.79 Å². The maximum atomic E-state index is 12.5. The molecule has 1 aromatic heterocycles. The van der Waals surface area contributed by atoms with Crippen LogP contribution in [-0.4, -0.2) is 16.1 Å². The molecule has 5 N–H and O–H groups in total. The van der Waals surface area contributed by atoms with Crippen LogP contribution >= 0.6 is 0 Å². The van der Waals surface area contributed by atoms with E-state index in [1.54, 1.807) is 0 Å². The van der Waals surface area contributed by atoms with Crippen LogP contribution in [0, 0.1) is 6.92 Å². The van der Waals surface area contributed by atoms with Gasteiger partial charge in [0.1, 0.15) is 11.4 Å². The van der Waals surface area contributed by atoms with Crippen LogP contribution in [0.2, 0.25) is 0 Å². The molecule has 0 fully saturated rings. The first-order chi connectivity index (χ1) is 11.1. The zero-order valence-corrected chi connectivity index (χ0v) is 12.6. The molecule has 116 valence electrons. The number of aromatic amines is 1. The summed E-state index contributed by atoms with van der Waals surface area (Å²) in [6.45, 7) is 1.99. The van der Waals surface area contributed by atoms with E-state index in [2.05, 4.69) is 20.8 Å². The first kappa shape index (κ1) is 14.6. The first-order valence-electron chi connectivity index (χ1n) is 7.17. The topological polar surface area (TPSA) is 95.8 Å². The van der Waals surface area contributed by atoms with Crippen molar-refractivity contribution < 1.29 is 4.79 Å². The second-order valence-corrected chi connectivity index (χ2v) is 5.17. The van der Waals surface area contributed by atoms with Crippen molar-refractivity contribution in [2.24, 2.45) is 0 Å². The molecule has 0 atom stereocenters. The number of amides is 1. The molecule has 0 radical (unpaired) electrons. The molecule has 3 aromatic rings. The number of carbonyl (C=O) groups excluding carboxylic acids is 1. The number of nitrogens with zero attached hydrogens (tertiary/aromatic N) is 1. The number of anilines is 4. The van der Waals surface area contributed by atoms with Crippen LogP contribution in [-0.2, 0) is 0 Å². The van der Waals surface area contributed by atoms with Gasteiger partial charge in [-0.15, -0.1) is 0 Å². The van der Waals surface area contributed by atoms with Gasteiger partial charge >= 0.3 is 0 Å². The van der Waals surface area contributed by atoms with Crippen LogP contribution in [0.25, 0.3) is 0 Å². The summed E-state index contributed by atoms with van der Waals surface area (Å²) in [4.78, 5) is 12.5. The Morgan fingerprint density at radius 1 is 1.04 bits per heavy atom. The van der Waals surface area contributed by atoms with Gasteiger partial charge in [-0.3, -0.25) is 9.89 Å². The molecule has 0 saturated carbocycles. The Hall–Kier alpha value is -3.28. The largest absolute Gasteiger partial charge is 0.383 e. The molecular weight excluding hydrogens is 290 g/mol. The second kappa shape index (κ2) is 6.23. The Bertz CT molecular complexity index is 809. The van der Waals surface area contributed by atoms with E-state index in [-0.39, 0.29) is 17.3 Å². The van der Waals surface area contributed by atoms with Crippen molar-refractivity contribution >= 4 is 28.9 Å². The molecule has 6 heteroatoms. The molecule has 0 saturated heterocycles. The number of para-hydroxylation sites is 1. The lowest BCUT2D eigenvalue weighted by Gasteiger charge is -2.08. The fourth-order valence-electron chi connectivity index (χ4n) is 2.16. The highest BCUT2D eigenvalue weighted by Gasteiger charge is 2.19. The lowest BCUT2D eigenvalue weighted by molar-refractivity contribution is 0.102. The number of nitrogens with two attached hydrogens (primary N) is 1. The van der Waals surface area contributed by atoms with Crippen LogP contribution in [0.1, 0.15) is 15.9 Å². The number of rotatable bonds is 4. The van der Waals surface area contributed by atoms with E-state index in [1.165, 1.54) is 0 Å². The average Bonchev–Trinajstić information content (AvgIpc) is 2.91. The van der Waals surface area contributed by atoms with Crippen molar-refractivity contribution in [1.29, 1.82) is 0 Å². The van der Waals surface area contributed by atoms with Gasteiger partial charge in [-0.2, -0.15) is 5.10 Å². The quantitative estimate of drug-likeness (QED) is 0.594. The number of nitrogens with one attached hydrogen (secondary N) is 3. The summed E-state index contributed by atoms with van der Waals surface area (Å²) in [5.74, 6) is 0.282. The van der Waals surface area contributed by atoms with Gasteiger partial charge < -0.3 is 16.4 Å². The Kier molecular flexibility index (Phi) is 3.97. The minimum absolute atomic E-state index is 0.216. The second-order valence-electron chi connectivity index (χ2n) is 5.17. The minimum Gasteiger partial charge on any atom is -0.383 e. The molecule has 23 heavy (non-hydrogen) atoms. The van der Waals surface area contributed by atoms with Crippen molar-refractivity contribution in [3.8, 4) is 0 Å². The van der Waals surface area contributed by atoms with Crippen LogP contribution in [0.15, 0.2) is 54.6 Å². The van der Waals surface area contributed by atoms with E-state index in [4.69, 9.17) is 5.73 Å². The Morgan fingerprint density at radius 2 is 1.74 bits per heavy atom. The number of hydrogen-bond acceptors (Lipinski definition) is 4. The van der Waals surface area contributed by atoms with Crippen molar-refractivity contribution in [3.05, 3.63) is 65.7 Å². The highest BCUT2D eigenvalue weighted by molar-refractivity contribution is 6.11. The normalized spacial score (nSPS) is 10.3. The number of nitrogen functional groups attached to an aromatic ring is 1. The monoisotopic (exact) mass is 307 g/mol. The molecule has 1 amide bonds. The van der Waals surface area contributed by atoms with Gasteiger partial charge in [0, 0.05) is 11.4 Å². The summed E-state index contributed by atoms with van der Waals surface area (Å²) >= 11 is 0. The standard InChI is InChI=1S/C17H17N5O/c1-11-7-9-13(10-8-11)20-17(23)14-15(18)21-22-16(14)19-12-5-3-2-4-6-12/h2-10H,1H3,(H,20,23)(H4,18,19,21,22). The van der Waals surface area contributed by atoms with Crippen molar-refractivity contribution in [1.82, 2.24) is 10.2 Å². The molecule has 3 rings (SSSR count). The van der Waals surface area contributed by atoms with Gasteiger partial charge in [-0.05, 0) is 31.2 Å². The predicted octanol–water partition coefficient (Wildman–Crippen LogP) is 3.30. The molecule has 1 heterocycles. The van der Waals surface area contributed by atoms with Crippen LogP contribution in [0.3, 0.4) is 0 Å². The lowest BCUT2D eigenvalue weighted by atomic mass is 10.2. The van der Waals surface area contributed by atoms with E-state index >= 15 is 0 Å². The van der Waals surface area contributed by atoms with Crippen molar-refractivity contribution in [2.45, 2.75) is 6.92 Å². The Labute approximate surface area is 133 Å². The summed E-state index contributed by atoms with van der Waals surface area (Å²) < 4.78 is 0. The summed E-state index contributed by atoms with van der Waals surface area (Å²) in [5.41, 5.74) is 8.79. The average molecular weight is 307 g/mol. The van der Waals surface area contributed by atoms with E-state index in [1.807, 2.05) is 61.5 Å². The van der Waals surface area contributed by atoms with Crippen LogP contribution < -0.4 is 16.4 Å². The van der Waals surface area contributed by atoms with Crippen molar-refractivity contribution in [2.75, 3.05) is 16.4 Å². The maximum Gasteiger partial charge on any atom is 0.263 e. The number of carbonyl (C=O) groups is 1. The molecule has 2 aromatic carbocycles. The van der Waals surface area contributed by atoms with Gasteiger partial charge in [-0.1, -0.05) is 35.9 Å². The zero-order valence-electron chi connectivity index (χ0n) is 12.6. The van der Waals surface area contributed by atoms with E-state index < -0.39 is 0 Å². The SMILES string of the molecule is Cc1ccc(NC(=O)c2c(Nc3ccccc3)n[nH]c2N)cc1. The molecular formula is C17H17N5O. The third kappa shape index (κ3) is 3.32. The molecule has 0 aliphatic rings. The molecule has 0 spiro atoms. The van der Waals surface area contributed by atoms with Gasteiger partial charge in [0.05, 0.1) is 0 Å². The molecule has 0 bridgehead atoms. The highest BCUT2D eigenvalue weighted by atomic mass is 16.1. The minimum atomic E-state index is -0.321. The van der Waals surface area contributed by atoms with Crippen LogP contribution in [0.5, 0.6) is 0 Å². The molecule has 0 aliphatic carbocycles. The van der Waals surface area contributed by atoms with Gasteiger partial charge in [-0.25, -0.2) is 0 Å². The number of H-pyrrole nitrogens is 1. The third-order valence-corrected chi connectivity index (χ3v) is 3.37. The first-order valence-corrected chi connectivity index (χ1v) is 7.17. The molecule has 0 unspecified atom stereocenters. The lowest BCUT2D eigenvalue weighted by Crippen LogP contribution is -2.14. The maximum absolute atomic E-state index is 12.5. The predicted molar refractivity (Wildman–Crippen MR) is 91.9 cm³/mol. The fourth-order valence-corrected chi connectivity index (χ4v) is 2.16. The van der Waals surface area contributed by atoms with E-state index in [0.717, 1.165) is 11.3 Å².